The minimum atomic E-state index is -0.568. The molecule has 0 N–H and O–H groups in total. The van der Waals surface area contributed by atoms with E-state index in [0.29, 0.717) is 0 Å². The van der Waals surface area contributed by atoms with Gasteiger partial charge in [-0.15, -0.1) is 0 Å². The fraction of sp³-hybridized carbons (Fsp3) is 0.0161. The lowest BCUT2D eigenvalue weighted by atomic mass is 9.63. The molecule has 2 spiro atoms. The summed E-state index contributed by atoms with van der Waals surface area (Å²) in [6.45, 7) is 0. The van der Waals surface area contributed by atoms with Gasteiger partial charge in [0.25, 0.3) is 0 Å². The quantitative estimate of drug-likeness (QED) is 0.128. The van der Waals surface area contributed by atoms with Gasteiger partial charge in [-0.25, -0.2) is 0 Å². The summed E-state index contributed by atoms with van der Waals surface area (Å²) in [5, 5.41) is 9.65. The minimum Gasteiger partial charge on any atom is -0.457 e. The third kappa shape index (κ3) is 11.5. The first-order chi connectivity index (χ1) is 63.5. The zero-order valence-corrected chi connectivity index (χ0v) is 69.9. The summed E-state index contributed by atoms with van der Waals surface area (Å²) in [5.74, 6) is 1.82. The Hall–Kier alpha value is -16.7. The van der Waals surface area contributed by atoms with E-state index in [1.165, 1.54) is 182 Å². The van der Waals surface area contributed by atoms with Crippen LogP contribution in [0.15, 0.2) is 480 Å². The van der Waals surface area contributed by atoms with Crippen LogP contribution in [0.1, 0.15) is 44.5 Å². The van der Waals surface area contributed by atoms with Gasteiger partial charge in [-0.05, 0) is 220 Å². The van der Waals surface area contributed by atoms with Crippen molar-refractivity contribution in [3.63, 3.8) is 0 Å². The Labute approximate surface area is 743 Å². The molecule has 4 aliphatic rings. The molecule has 2 aromatic heterocycles. The van der Waals surface area contributed by atoms with Gasteiger partial charge >= 0.3 is 0 Å². The molecule has 26 rings (SSSR count). The Kier molecular flexibility index (Phi) is 17.4. The summed E-state index contributed by atoms with van der Waals surface area (Å²) < 4.78 is 6.53. The number of aromatic nitrogens is 2. The van der Waals surface area contributed by atoms with Gasteiger partial charge in [-0.2, -0.15) is 0 Å². The Morgan fingerprint density at radius 2 is 0.500 bits per heavy atom. The van der Waals surface area contributed by atoms with Crippen LogP contribution >= 0.6 is 0 Å². The van der Waals surface area contributed by atoms with E-state index in [4.69, 9.17) is 14.7 Å². The highest BCUT2D eigenvalue weighted by molar-refractivity contribution is 6.23. The monoisotopic (exact) mass is 1630 g/mol. The van der Waals surface area contributed by atoms with Crippen molar-refractivity contribution in [3.05, 3.63) is 524 Å². The third-order valence-corrected chi connectivity index (χ3v) is 27.3. The van der Waals surface area contributed by atoms with E-state index in [1.807, 2.05) is 6.20 Å². The average Bonchev–Trinajstić information content (AvgIpc) is 1.43. The number of rotatable bonds is 10. The largest absolute Gasteiger partial charge is 0.457 e. The molecule has 22 aromatic rings. The second-order valence-electron chi connectivity index (χ2n) is 33.9. The van der Waals surface area contributed by atoms with Crippen molar-refractivity contribution in [2.75, 3.05) is 4.90 Å². The zero-order valence-electron chi connectivity index (χ0n) is 69.9. The van der Waals surface area contributed by atoms with Gasteiger partial charge in [0.1, 0.15) is 11.5 Å². The lowest BCUT2D eigenvalue weighted by Crippen LogP contribution is -2.36. The van der Waals surface area contributed by atoms with Crippen molar-refractivity contribution in [2.24, 2.45) is 0 Å². The Morgan fingerprint density at radius 3 is 0.961 bits per heavy atom. The van der Waals surface area contributed by atoms with Gasteiger partial charge in [0, 0.05) is 51.5 Å². The number of ether oxygens (including phenoxy) is 1. The minimum absolute atomic E-state index is 0.464. The molecule has 0 saturated carbocycles. The van der Waals surface area contributed by atoms with Crippen molar-refractivity contribution in [1.82, 2.24) is 9.97 Å². The van der Waals surface area contributed by atoms with Gasteiger partial charge in [-0.3, -0.25) is 9.97 Å². The summed E-state index contributed by atoms with van der Waals surface area (Å²) in [4.78, 5) is 13.0. The fourth-order valence-electron chi connectivity index (χ4n) is 21.9. The molecule has 0 amide bonds. The normalized spacial score (nSPS) is 13.0. The van der Waals surface area contributed by atoms with Gasteiger partial charge in [-0.1, -0.05) is 413 Å². The van der Waals surface area contributed by atoms with E-state index in [-0.39, 0.29) is 0 Å². The number of benzene rings is 20. The summed E-state index contributed by atoms with van der Waals surface area (Å²) >= 11 is 0. The van der Waals surface area contributed by atoms with Crippen molar-refractivity contribution >= 4 is 60.2 Å². The van der Waals surface area contributed by atoms with E-state index in [0.717, 1.165) is 56.4 Å². The van der Waals surface area contributed by atoms with Crippen LogP contribution in [0, 0.1) is 0 Å². The maximum Gasteiger partial charge on any atom is 0.132 e. The zero-order chi connectivity index (χ0) is 84.4. The number of hydrogen-bond donors (Lipinski definition) is 0. The van der Waals surface area contributed by atoms with Crippen LogP contribution in [-0.2, 0) is 10.8 Å². The van der Waals surface area contributed by atoms with Crippen molar-refractivity contribution in [2.45, 2.75) is 10.8 Å². The van der Waals surface area contributed by atoms with Crippen molar-refractivity contribution < 1.29 is 4.74 Å². The standard InChI is InChI=1S/C62H40N2.C62H39NO/c1-3-18-41(19-4-1)42-34-36-43(37-35-42)59-48-23-7-9-25-50(48)60(51-26-10-8-24-49(51)59)56-39-38-44(40-63-56)46-27-17-28-52-47-22-11-12-29-53(47)62(61(46)52)54-30-13-15-32-57(54)64(45-20-5-2-6-21-45)58-33-16-14-31-55(58)62;1-2-14-40(15-3-1)41-30-32-44(33-31-41)60-48-17-4-6-19-50(48)61(51-20-7-5-18-49(51)60)57-37-35-46(39-63-57)43-28-26-42(27-29-43)45-34-36-54-52(38-45)47-16-8-9-21-53(47)62(54)55-22-10-12-24-58(55)64-59-25-13-11-23-56(59)62/h1-40H;1-39H. The third-order valence-electron chi connectivity index (χ3n) is 27.3. The summed E-state index contributed by atoms with van der Waals surface area (Å²) in [6.07, 6.45) is 4.14. The number of pyridine rings is 2. The van der Waals surface area contributed by atoms with Gasteiger partial charge in [0.2, 0.25) is 0 Å². The SMILES string of the molecule is c1ccc(-c2ccc(-c3c4ccccc4c(-c4ccc(-c5ccc(-c6ccc7c(c6)-c6ccccc6C76c7ccccc7Oc7ccccc76)cc5)cn4)c4ccccc34)cc2)cc1.c1ccc(-c2ccc(-c3c4ccccc4c(-c4ccc(-c5cccc6c5C5(c7ccccc7-6)c6ccccc6N(c6ccccc6)c6ccccc65)cn4)c4ccccc34)cc2)cc1. The van der Waals surface area contributed by atoms with E-state index < -0.39 is 10.8 Å². The van der Waals surface area contributed by atoms with Crippen LogP contribution in [-0.4, -0.2) is 9.97 Å². The number of fused-ring (bicyclic) bond motifs is 22. The summed E-state index contributed by atoms with van der Waals surface area (Å²) in [6, 6.07) is 170. The number of anilines is 3. The van der Waals surface area contributed by atoms with Gasteiger partial charge in [0.15, 0.2) is 0 Å². The van der Waals surface area contributed by atoms with E-state index >= 15 is 0 Å². The second-order valence-corrected chi connectivity index (χ2v) is 33.9. The summed E-state index contributed by atoms with van der Waals surface area (Å²) in [7, 11) is 0. The highest BCUT2D eigenvalue weighted by Gasteiger charge is 2.54. The average molecular weight is 1630 g/mol. The van der Waals surface area contributed by atoms with Crippen LogP contribution < -0.4 is 9.64 Å². The van der Waals surface area contributed by atoms with Gasteiger partial charge < -0.3 is 9.64 Å². The molecule has 0 bridgehead atoms. The summed E-state index contributed by atoms with van der Waals surface area (Å²) in [5.41, 5.74) is 38.5. The molecule has 0 fully saturated rings. The molecule has 128 heavy (non-hydrogen) atoms. The molecule has 4 nitrogen and oxygen atoms in total. The maximum absolute atomic E-state index is 6.53. The highest BCUT2D eigenvalue weighted by Crippen LogP contribution is 2.67. The number of hydrogen-bond acceptors (Lipinski definition) is 4. The molecule has 0 atom stereocenters. The molecule has 2 aliphatic carbocycles. The van der Waals surface area contributed by atoms with Crippen LogP contribution in [0.5, 0.6) is 11.5 Å². The first-order valence-electron chi connectivity index (χ1n) is 44.1. The van der Waals surface area contributed by atoms with Crippen LogP contribution in [0.2, 0.25) is 0 Å². The highest BCUT2D eigenvalue weighted by atomic mass is 16.5. The number of nitrogens with zero attached hydrogens (tertiary/aromatic N) is 3. The molecule has 2 aliphatic heterocycles. The maximum atomic E-state index is 6.53. The predicted molar refractivity (Wildman–Crippen MR) is 530 cm³/mol. The van der Waals surface area contributed by atoms with Crippen LogP contribution in [0.4, 0.5) is 17.1 Å². The number of para-hydroxylation sites is 5. The lowest BCUT2D eigenvalue weighted by Gasteiger charge is -2.45. The van der Waals surface area contributed by atoms with E-state index in [1.54, 1.807) is 0 Å². The fourth-order valence-corrected chi connectivity index (χ4v) is 21.9. The molecular weight excluding hydrogens is 1550 g/mol. The molecular formula is C124H79N3O. The molecule has 0 unspecified atom stereocenters. The Morgan fingerprint density at radius 1 is 0.188 bits per heavy atom. The Bertz CT molecular complexity index is 7960. The van der Waals surface area contributed by atoms with Crippen LogP contribution in [0.25, 0.3) is 166 Å². The van der Waals surface area contributed by atoms with E-state index in [9.17, 15) is 0 Å². The molecule has 0 saturated heterocycles. The molecule has 0 radical (unpaired) electrons. The second kappa shape index (κ2) is 30.1. The van der Waals surface area contributed by atoms with Crippen molar-refractivity contribution in [1.29, 1.82) is 0 Å². The van der Waals surface area contributed by atoms with Gasteiger partial charge in [0.05, 0.1) is 33.6 Å². The van der Waals surface area contributed by atoms with Crippen molar-refractivity contribution in [3.8, 4) is 134 Å². The molecule has 20 aromatic carbocycles. The smallest absolute Gasteiger partial charge is 0.132 e. The molecule has 596 valence electrons. The topological polar surface area (TPSA) is 38.2 Å². The predicted octanol–water partition coefficient (Wildman–Crippen LogP) is 32.4. The first kappa shape index (κ1) is 74.0. The molecule has 4 heterocycles. The molecule has 4 heteroatoms. The van der Waals surface area contributed by atoms with Crippen LogP contribution in [0.3, 0.4) is 0 Å². The Balaban J connectivity index is 0.000000139. The van der Waals surface area contributed by atoms with E-state index in [2.05, 4.69) is 478 Å². The first-order valence-corrected chi connectivity index (χ1v) is 44.1. The lowest BCUT2D eigenvalue weighted by molar-refractivity contribution is 0.436.